The summed E-state index contributed by atoms with van der Waals surface area (Å²) in [5, 5.41) is 2.42. The predicted octanol–water partition coefficient (Wildman–Crippen LogP) is 2.27. The van der Waals surface area contributed by atoms with Crippen LogP contribution in [0.3, 0.4) is 0 Å². The molecule has 9 nitrogen and oxygen atoms in total. The molecule has 161 valence electrons. The standard InChI is InChI=1S/C19H34N3O6/c1-13(12-23)21-15(24)14(10-8-9-11-20)22(16(25)27-18(2,3)4)17(26)28-19(5,6)7/h13-14H,8-11,20H2,1-7H3,(H,21,24)/t13-,14?/m1/s1. The molecule has 0 bridgehead atoms. The van der Waals surface area contributed by atoms with Crippen molar-refractivity contribution < 1.29 is 28.7 Å². The summed E-state index contributed by atoms with van der Waals surface area (Å²) in [6.45, 7) is 11.7. The molecular formula is C19H34N3O6. The number of rotatable bonds is 8. The van der Waals surface area contributed by atoms with Crippen LogP contribution < -0.4 is 11.1 Å². The molecule has 28 heavy (non-hydrogen) atoms. The van der Waals surface area contributed by atoms with Crippen molar-refractivity contribution in [3.05, 3.63) is 0 Å². The highest BCUT2D eigenvalue weighted by Gasteiger charge is 2.40. The summed E-state index contributed by atoms with van der Waals surface area (Å²) in [6.07, 6.45) is 0.855. The summed E-state index contributed by atoms with van der Waals surface area (Å²) in [5.74, 6) is -0.676. The Morgan fingerprint density at radius 2 is 1.46 bits per heavy atom. The largest absolute Gasteiger partial charge is 0.443 e. The molecule has 2 atom stereocenters. The third-order valence-corrected chi connectivity index (χ3v) is 3.26. The van der Waals surface area contributed by atoms with Crippen LogP contribution in [0, 0.1) is 0 Å². The maximum absolute atomic E-state index is 12.7. The Hall–Kier alpha value is -2.16. The van der Waals surface area contributed by atoms with Gasteiger partial charge in [-0.2, -0.15) is 4.90 Å². The Bertz CT molecular complexity index is 523. The zero-order valence-corrected chi connectivity index (χ0v) is 18.0. The summed E-state index contributed by atoms with van der Waals surface area (Å²) in [6, 6.07) is -2.12. The van der Waals surface area contributed by atoms with Gasteiger partial charge in [-0.3, -0.25) is 9.59 Å². The van der Waals surface area contributed by atoms with Gasteiger partial charge in [0.15, 0.2) is 0 Å². The second-order valence-electron chi connectivity index (χ2n) is 8.48. The van der Waals surface area contributed by atoms with Gasteiger partial charge in [0.1, 0.15) is 17.2 Å². The Morgan fingerprint density at radius 1 is 1.00 bits per heavy atom. The van der Waals surface area contributed by atoms with E-state index in [-0.39, 0.29) is 6.42 Å². The van der Waals surface area contributed by atoms with Gasteiger partial charge in [-0.25, -0.2) is 9.59 Å². The van der Waals surface area contributed by atoms with Crippen molar-refractivity contribution in [1.29, 1.82) is 0 Å². The molecule has 0 rings (SSSR count). The van der Waals surface area contributed by atoms with Crippen LogP contribution in [0.15, 0.2) is 0 Å². The topological polar surface area (TPSA) is 128 Å². The number of nitrogens with zero attached hydrogens (tertiary/aromatic N) is 1. The van der Waals surface area contributed by atoms with Crippen LogP contribution in [0.2, 0.25) is 0 Å². The summed E-state index contributed by atoms with van der Waals surface area (Å²) >= 11 is 0. The van der Waals surface area contributed by atoms with Crippen molar-refractivity contribution in [1.82, 2.24) is 10.2 Å². The van der Waals surface area contributed by atoms with E-state index in [2.05, 4.69) is 5.32 Å². The second-order valence-corrected chi connectivity index (χ2v) is 8.48. The molecule has 0 aromatic carbocycles. The van der Waals surface area contributed by atoms with E-state index >= 15 is 0 Å². The number of imide groups is 1. The van der Waals surface area contributed by atoms with E-state index in [1.165, 1.54) is 6.92 Å². The van der Waals surface area contributed by atoms with Crippen LogP contribution >= 0.6 is 0 Å². The third kappa shape index (κ3) is 10.2. The van der Waals surface area contributed by atoms with E-state index < -0.39 is 41.4 Å². The van der Waals surface area contributed by atoms with Crippen molar-refractivity contribution in [2.75, 3.05) is 6.54 Å². The molecular weight excluding hydrogens is 366 g/mol. The lowest BCUT2D eigenvalue weighted by atomic mass is 10.1. The Balaban J connectivity index is 5.87. The molecule has 3 amide bonds. The van der Waals surface area contributed by atoms with Gasteiger partial charge in [-0.1, -0.05) is 0 Å². The fourth-order valence-corrected chi connectivity index (χ4v) is 2.15. The molecule has 9 heteroatoms. The molecule has 0 heterocycles. The smallest absolute Gasteiger partial charge is 0.420 e. The fourth-order valence-electron chi connectivity index (χ4n) is 2.15. The number of ether oxygens (including phenoxy) is 2. The Morgan fingerprint density at radius 3 is 1.82 bits per heavy atom. The molecule has 0 saturated carbocycles. The van der Waals surface area contributed by atoms with Crippen LogP contribution in [0.4, 0.5) is 9.59 Å². The highest BCUT2D eigenvalue weighted by Crippen LogP contribution is 2.19. The monoisotopic (exact) mass is 400 g/mol. The van der Waals surface area contributed by atoms with Gasteiger partial charge < -0.3 is 20.5 Å². The fraction of sp³-hybridized carbons (Fsp3) is 0.789. The average molecular weight is 400 g/mol. The number of nitrogens with one attached hydrogen (secondary N) is 1. The maximum atomic E-state index is 12.7. The van der Waals surface area contributed by atoms with E-state index in [9.17, 15) is 19.2 Å². The Kier molecular flexibility index (Phi) is 10.1. The first-order valence-electron chi connectivity index (χ1n) is 9.35. The SMILES string of the molecule is C[C@H]([C]=O)NC(=O)C(CCCCN)N(C(=O)OC(C)(C)C)C(=O)OC(C)(C)C. The lowest BCUT2D eigenvalue weighted by molar-refractivity contribution is -0.127. The minimum absolute atomic E-state index is 0.146. The first kappa shape index (κ1) is 25.8. The van der Waals surface area contributed by atoms with E-state index in [1.807, 2.05) is 0 Å². The van der Waals surface area contributed by atoms with Crippen LogP contribution in [-0.4, -0.2) is 59.1 Å². The van der Waals surface area contributed by atoms with E-state index in [0.29, 0.717) is 24.3 Å². The average Bonchev–Trinajstić information content (AvgIpc) is 2.50. The second kappa shape index (κ2) is 11.0. The van der Waals surface area contributed by atoms with Gasteiger partial charge >= 0.3 is 12.2 Å². The number of hydrogen-bond donors (Lipinski definition) is 2. The van der Waals surface area contributed by atoms with Gasteiger partial charge in [0.2, 0.25) is 12.2 Å². The van der Waals surface area contributed by atoms with Gasteiger partial charge in [0.05, 0.1) is 6.04 Å². The summed E-state index contributed by atoms with van der Waals surface area (Å²) < 4.78 is 10.6. The van der Waals surface area contributed by atoms with Gasteiger partial charge in [0.25, 0.3) is 0 Å². The first-order chi connectivity index (χ1) is 12.7. The number of amides is 3. The molecule has 0 aliphatic heterocycles. The Labute approximate surface area is 167 Å². The molecule has 1 radical (unpaired) electrons. The van der Waals surface area contributed by atoms with Gasteiger partial charge in [-0.05, 0) is 74.3 Å². The van der Waals surface area contributed by atoms with E-state index in [4.69, 9.17) is 15.2 Å². The minimum Gasteiger partial charge on any atom is -0.443 e. The molecule has 0 saturated heterocycles. The molecule has 0 aromatic rings. The van der Waals surface area contributed by atoms with Crippen molar-refractivity contribution >= 4 is 24.4 Å². The zero-order valence-electron chi connectivity index (χ0n) is 18.0. The molecule has 0 aliphatic carbocycles. The van der Waals surface area contributed by atoms with Crippen molar-refractivity contribution in [2.45, 2.75) is 91.0 Å². The molecule has 3 N–H and O–H groups in total. The number of carbonyl (C=O) groups is 3. The summed E-state index contributed by atoms with van der Waals surface area (Å²) in [5.41, 5.74) is 3.73. The van der Waals surface area contributed by atoms with Crippen LogP contribution in [-0.2, 0) is 19.1 Å². The summed E-state index contributed by atoms with van der Waals surface area (Å²) in [7, 11) is 0. The lowest BCUT2D eigenvalue weighted by Gasteiger charge is -2.33. The summed E-state index contributed by atoms with van der Waals surface area (Å²) in [4.78, 5) is 49.6. The highest BCUT2D eigenvalue weighted by molar-refractivity contribution is 5.96. The van der Waals surface area contributed by atoms with Gasteiger partial charge in [0, 0.05) is 0 Å². The number of unbranched alkanes of at least 4 members (excludes halogenated alkanes) is 1. The van der Waals surface area contributed by atoms with E-state index in [1.54, 1.807) is 47.8 Å². The molecule has 0 fully saturated rings. The van der Waals surface area contributed by atoms with Crippen molar-refractivity contribution in [3.63, 3.8) is 0 Å². The minimum atomic E-state index is -1.22. The highest BCUT2D eigenvalue weighted by atomic mass is 16.6. The van der Waals surface area contributed by atoms with Crippen molar-refractivity contribution in [2.24, 2.45) is 5.73 Å². The van der Waals surface area contributed by atoms with Gasteiger partial charge in [-0.15, -0.1) is 0 Å². The number of hydrogen-bond acceptors (Lipinski definition) is 7. The first-order valence-corrected chi connectivity index (χ1v) is 9.35. The molecule has 0 aliphatic rings. The normalized spacial score (nSPS) is 13.9. The van der Waals surface area contributed by atoms with Crippen LogP contribution in [0.5, 0.6) is 0 Å². The lowest BCUT2D eigenvalue weighted by Crippen LogP contribution is -2.55. The maximum Gasteiger partial charge on any atom is 0.420 e. The third-order valence-electron chi connectivity index (χ3n) is 3.26. The number of carbonyl (C=O) groups excluding carboxylic acids is 4. The zero-order chi connectivity index (χ0) is 22.1. The number of nitrogens with two attached hydrogens (primary N) is 1. The van der Waals surface area contributed by atoms with E-state index in [0.717, 1.165) is 0 Å². The molecule has 0 spiro atoms. The van der Waals surface area contributed by atoms with Crippen LogP contribution in [0.25, 0.3) is 0 Å². The molecule has 1 unspecified atom stereocenters. The van der Waals surface area contributed by atoms with Crippen LogP contribution in [0.1, 0.15) is 67.7 Å². The molecule has 0 aromatic heterocycles. The quantitative estimate of drug-likeness (QED) is 0.598. The van der Waals surface area contributed by atoms with Crippen molar-refractivity contribution in [3.8, 4) is 0 Å². The predicted molar refractivity (Wildman–Crippen MR) is 104 cm³/mol.